The molecule has 1 aliphatic rings. The van der Waals surface area contributed by atoms with E-state index in [1.807, 2.05) is 13.8 Å². The van der Waals surface area contributed by atoms with Crippen LogP contribution in [0.1, 0.15) is 38.3 Å². The molecule has 0 fully saturated rings. The van der Waals surface area contributed by atoms with Gasteiger partial charge >= 0.3 is 0 Å². The van der Waals surface area contributed by atoms with E-state index in [4.69, 9.17) is 0 Å². The molecular weight excluding hydrogens is 284 g/mol. The highest BCUT2D eigenvalue weighted by Crippen LogP contribution is 2.37. The van der Waals surface area contributed by atoms with Crippen molar-refractivity contribution in [1.82, 2.24) is 5.32 Å². The number of anilines is 1. The van der Waals surface area contributed by atoms with Crippen molar-refractivity contribution < 1.29 is 4.79 Å². The summed E-state index contributed by atoms with van der Waals surface area (Å²) in [5, 5.41) is 6.28. The zero-order chi connectivity index (χ0) is 16.4. The maximum atomic E-state index is 12.0. The molecule has 0 bridgehead atoms. The molecule has 3 heteroatoms. The molecule has 1 aliphatic carbocycles. The van der Waals surface area contributed by atoms with Crippen molar-refractivity contribution in [2.75, 3.05) is 11.9 Å². The Morgan fingerprint density at radius 2 is 1.83 bits per heavy atom. The zero-order valence-electron chi connectivity index (χ0n) is 14.1. The van der Waals surface area contributed by atoms with Crippen LogP contribution in [0.15, 0.2) is 42.5 Å². The molecule has 0 aliphatic heterocycles. The van der Waals surface area contributed by atoms with Crippen LogP contribution in [0.5, 0.6) is 0 Å². The van der Waals surface area contributed by atoms with Crippen LogP contribution in [0.3, 0.4) is 0 Å². The third kappa shape index (κ3) is 3.39. The largest absolute Gasteiger partial charge is 0.376 e. The minimum Gasteiger partial charge on any atom is -0.376 e. The van der Waals surface area contributed by atoms with Gasteiger partial charge in [0.15, 0.2) is 0 Å². The minimum absolute atomic E-state index is 0.0284. The van der Waals surface area contributed by atoms with E-state index in [0.717, 1.165) is 18.5 Å². The Bertz CT molecular complexity index is 734. The lowest BCUT2D eigenvalue weighted by atomic mass is 10.0. The highest BCUT2D eigenvalue weighted by Gasteiger charge is 2.19. The first-order chi connectivity index (χ1) is 11.0. The molecule has 0 saturated heterocycles. The van der Waals surface area contributed by atoms with Crippen LogP contribution in [0, 0.1) is 0 Å². The van der Waals surface area contributed by atoms with E-state index in [1.54, 1.807) is 0 Å². The fourth-order valence-corrected chi connectivity index (χ4v) is 2.95. The maximum Gasteiger partial charge on any atom is 0.239 e. The zero-order valence-corrected chi connectivity index (χ0v) is 14.1. The summed E-state index contributed by atoms with van der Waals surface area (Å²) in [6, 6.07) is 14.9. The molecule has 0 radical (unpaired) electrons. The fraction of sp³-hybridized carbons (Fsp3) is 0.350. The van der Waals surface area contributed by atoms with E-state index >= 15 is 0 Å². The summed E-state index contributed by atoms with van der Waals surface area (Å²) in [7, 11) is 0. The van der Waals surface area contributed by atoms with Crippen molar-refractivity contribution >= 4 is 11.6 Å². The van der Waals surface area contributed by atoms with Gasteiger partial charge in [0, 0.05) is 11.2 Å². The van der Waals surface area contributed by atoms with Gasteiger partial charge in [0.25, 0.3) is 0 Å². The van der Waals surface area contributed by atoms with E-state index < -0.39 is 0 Å². The van der Waals surface area contributed by atoms with Crippen LogP contribution in [0.4, 0.5) is 5.69 Å². The normalized spacial score (nSPS) is 12.5. The molecule has 0 heterocycles. The van der Waals surface area contributed by atoms with E-state index in [2.05, 4.69) is 60.0 Å². The predicted molar refractivity (Wildman–Crippen MR) is 95.7 cm³/mol. The van der Waals surface area contributed by atoms with Crippen molar-refractivity contribution in [2.45, 2.75) is 39.2 Å². The summed E-state index contributed by atoms with van der Waals surface area (Å²) in [4.78, 5) is 12.0. The van der Waals surface area contributed by atoms with Gasteiger partial charge in [0.05, 0.1) is 6.54 Å². The molecule has 0 unspecified atom stereocenters. The minimum atomic E-state index is -0.154. The first kappa shape index (κ1) is 15.6. The van der Waals surface area contributed by atoms with E-state index in [9.17, 15) is 4.79 Å². The number of carbonyl (C=O) groups is 1. The molecule has 0 spiro atoms. The Balaban J connectivity index is 1.66. The van der Waals surface area contributed by atoms with Gasteiger partial charge < -0.3 is 10.6 Å². The lowest BCUT2D eigenvalue weighted by molar-refractivity contribution is -0.121. The Morgan fingerprint density at radius 3 is 2.61 bits per heavy atom. The molecule has 3 rings (SSSR count). The van der Waals surface area contributed by atoms with Crippen LogP contribution in [-0.4, -0.2) is 18.0 Å². The Kier molecular flexibility index (Phi) is 4.12. The van der Waals surface area contributed by atoms with Crippen LogP contribution >= 0.6 is 0 Å². The first-order valence-corrected chi connectivity index (χ1v) is 8.24. The van der Waals surface area contributed by atoms with Gasteiger partial charge in [-0.1, -0.05) is 37.3 Å². The summed E-state index contributed by atoms with van der Waals surface area (Å²) in [5.41, 5.74) is 6.19. The van der Waals surface area contributed by atoms with Gasteiger partial charge in [0.1, 0.15) is 0 Å². The third-order valence-corrected chi connectivity index (χ3v) is 4.61. The maximum absolute atomic E-state index is 12.0. The molecule has 1 amide bonds. The monoisotopic (exact) mass is 308 g/mol. The molecule has 2 aromatic rings. The van der Waals surface area contributed by atoms with Crippen LogP contribution in [-0.2, 0) is 11.2 Å². The molecule has 0 aromatic heterocycles. The molecule has 23 heavy (non-hydrogen) atoms. The van der Waals surface area contributed by atoms with Crippen molar-refractivity contribution in [2.24, 2.45) is 0 Å². The van der Waals surface area contributed by atoms with Gasteiger partial charge in [0.2, 0.25) is 5.91 Å². The van der Waals surface area contributed by atoms with Gasteiger partial charge in [-0.05, 0) is 61.1 Å². The first-order valence-electron chi connectivity index (χ1n) is 8.24. The Hall–Kier alpha value is -2.29. The summed E-state index contributed by atoms with van der Waals surface area (Å²) in [5.74, 6) is 0.0284. The average molecular weight is 308 g/mol. The number of rotatable bonds is 5. The van der Waals surface area contributed by atoms with Crippen molar-refractivity contribution in [3.8, 4) is 11.1 Å². The summed E-state index contributed by atoms with van der Waals surface area (Å²) < 4.78 is 0. The number of hydrogen-bond donors (Lipinski definition) is 2. The van der Waals surface area contributed by atoms with Crippen molar-refractivity contribution in [3.05, 3.63) is 53.6 Å². The van der Waals surface area contributed by atoms with Crippen LogP contribution < -0.4 is 10.6 Å². The summed E-state index contributed by atoms with van der Waals surface area (Å²) in [6.07, 6.45) is 1.88. The smallest absolute Gasteiger partial charge is 0.239 e. The predicted octanol–water partition coefficient (Wildman–Crippen LogP) is 3.97. The van der Waals surface area contributed by atoms with Crippen molar-refractivity contribution in [1.29, 1.82) is 0 Å². The quantitative estimate of drug-likeness (QED) is 0.748. The lowest BCUT2D eigenvalue weighted by Crippen LogP contribution is -2.45. The fourth-order valence-electron chi connectivity index (χ4n) is 2.95. The SMILES string of the molecule is CCC(C)(C)NC(=O)CNc1ccc2c(c1)Cc1ccccc1-2. The molecule has 0 saturated carbocycles. The Labute approximate surface area is 138 Å². The Morgan fingerprint density at radius 1 is 1.09 bits per heavy atom. The van der Waals surface area contributed by atoms with Crippen molar-refractivity contribution in [3.63, 3.8) is 0 Å². The molecule has 3 nitrogen and oxygen atoms in total. The van der Waals surface area contributed by atoms with E-state index in [-0.39, 0.29) is 11.4 Å². The summed E-state index contributed by atoms with van der Waals surface area (Å²) >= 11 is 0. The van der Waals surface area contributed by atoms with Gasteiger partial charge in [-0.3, -0.25) is 4.79 Å². The van der Waals surface area contributed by atoms with Crippen LogP contribution in [0.2, 0.25) is 0 Å². The lowest BCUT2D eigenvalue weighted by Gasteiger charge is -2.24. The number of hydrogen-bond acceptors (Lipinski definition) is 2. The van der Waals surface area contributed by atoms with E-state index in [1.165, 1.54) is 22.3 Å². The molecular formula is C20H24N2O. The number of amides is 1. The number of nitrogens with one attached hydrogen (secondary N) is 2. The van der Waals surface area contributed by atoms with Gasteiger partial charge in [-0.2, -0.15) is 0 Å². The second kappa shape index (κ2) is 6.07. The molecule has 0 atom stereocenters. The topological polar surface area (TPSA) is 41.1 Å². The van der Waals surface area contributed by atoms with Gasteiger partial charge in [-0.25, -0.2) is 0 Å². The second-order valence-electron chi connectivity index (χ2n) is 6.85. The van der Waals surface area contributed by atoms with Crippen LogP contribution in [0.25, 0.3) is 11.1 Å². The number of benzene rings is 2. The third-order valence-electron chi connectivity index (χ3n) is 4.61. The molecule has 2 N–H and O–H groups in total. The average Bonchev–Trinajstić information content (AvgIpc) is 2.90. The standard InChI is InChI=1S/C20H24N2O/c1-4-20(2,3)22-19(23)13-21-16-9-10-18-15(12-16)11-14-7-5-6-8-17(14)18/h5-10,12,21H,4,11,13H2,1-3H3,(H,22,23). The second-order valence-corrected chi connectivity index (χ2v) is 6.85. The molecule has 120 valence electrons. The number of carbonyl (C=O) groups excluding carboxylic acids is 1. The number of fused-ring (bicyclic) bond motifs is 3. The highest BCUT2D eigenvalue weighted by atomic mass is 16.2. The highest BCUT2D eigenvalue weighted by molar-refractivity contribution is 5.82. The van der Waals surface area contributed by atoms with E-state index in [0.29, 0.717) is 6.54 Å². The summed E-state index contributed by atoms with van der Waals surface area (Å²) in [6.45, 7) is 6.45. The van der Waals surface area contributed by atoms with Gasteiger partial charge in [-0.15, -0.1) is 0 Å². The molecule has 2 aromatic carbocycles.